The van der Waals surface area contributed by atoms with Crippen LogP contribution in [-0.4, -0.2) is 40.1 Å². The number of aliphatic carboxylic acids is 1. The quantitative estimate of drug-likeness (QED) is 0.893. The molecule has 2 atom stereocenters. The number of hydrogen-bond donors (Lipinski definition) is 2. The highest BCUT2D eigenvalue weighted by molar-refractivity contribution is 5.92. The van der Waals surface area contributed by atoms with E-state index in [1.165, 1.54) is 0 Å². The van der Waals surface area contributed by atoms with Crippen molar-refractivity contribution in [1.29, 1.82) is 0 Å². The zero-order valence-electron chi connectivity index (χ0n) is 14.1. The fraction of sp³-hybridized carbons (Fsp3) is 0.500. The molecule has 2 amide bonds. The molecule has 1 aliphatic carbocycles. The molecule has 1 aromatic heterocycles. The average Bonchev–Trinajstić information content (AvgIpc) is 3.25. The molecule has 4 rings (SSSR count). The third-order valence-corrected chi connectivity index (χ3v) is 5.57. The molecule has 1 saturated heterocycles. The first-order valence-electron chi connectivity index (χ1n) is 8.70. The third kappa shape index (κ3) is 2.54. The van der Waals surface area contributed by atoms with Crippen LogP contribution in [0, 0.1) is 11.3 Å². The van der Waals surface area contributed by atoms with Gasteiger partial charge in [0.25, 0.3) is 0 Å². The number of fused-ring (bicyclic) bond motifs is 2. The number of oxazole rings is 1. The summed E-state index contributed by atoms with van der Waals surface area (Å²) in [6.45, 7) is 2.76. The van der Waals surface area contributed by atoms with Crippen LogP contribution in [0.1, 0.15) is 32.1 Å². The van der Waals surface area contributed by atoms with Crippen LogP contribution in [0.25, 0.3) is 11.1 Å². The second-order valence-electron chi connectivity index (χ2n) is 7.00. The van der Waals surface area contributed by atoms with Crippen molar-refractivity contribution >= 4 is 28.8 Å². The Kier molecular flexibility index (Phi) is 3.67. The van der Waals surface area contributed by atoms with Crippen LogP contribution in [0.15, 0.2) is 22.6 Å². The number of anilines is 1. The molecule has 1 aromatic carbocycles. The van der Waals surface area contributed by atoms with E-state index in [0.29, 0.717) is 42.1 Å². The van der Waals surface area contributed by atoms with Gasteiger partial charge in [-0.1, -0.05) is 13.3 Å². The first-order valence-corrected chi connectivity index (χ1v) is 8.70. The molecule has 2 aliphatic rings. The third-order valence-electron chi connectivity index (χ3n) is 5.57. The van der Waals surface area contributed by atoms with Gasteiger partial charge < -0.3 is 19.7 Å². The lowest BCUT2D eigenvalue weighted by atomic mass is 9.81. The molecule has 7 heteroatoms. The monoisotopic (exact) mass is 343 g/mol. The number of likely N-dealkylation sites (tertiary alicyclic amines) is 1. The predicted octanol–water partition coefficient (Wildman–Crippen LogP) is 3.11. The molecular weight excluding hydrogens is 322 g/mol. The number of nitrogens with one attached hydrogen (secondary N) is 1. The molecule has 0 bridgehead atoms. The van der Waals surface area contributed by atoms with Gasteiger partial charge in [0.05, 0.1) is 5.41 Å². The van der Waals surface area contributed by atoms with Crippen LogP contribution in [0.2, 0.25) is 0 Å². The largest absolute Gasteiger partial charge is 0.481 e. The van der Waals surface area contributed by atoms with Gasteiger partial charge in [0.1, 0.15) is 5.52 Å². The molecule has 1 saturated carbocycles. The van der Waals surface area contributed by atoms with Gasteiger partial charge >= 0.3 is 12.0 Å². The van der Waals surface area contributed by atoms with E-state index in [-0.39, 0.29) is 18.5 Å². The zero-order chi connectivity index (χ0) is 17.6. The summed E-state index contributed by atoms with van der Waals surface area (Å²) in [5.41, 5.74) is 1.27. The van der Waals surface area contributed by atoms with Gasteiger partial charge in [-0.05, 0) is 37.0 Å². The van der Waals surface area contributed by atoms with Crippen molar-refractivity contribution in [2.24, 2.45) is 11.3 Å². The fourth-order valence-corrected chi connectivity index (χ4v) is 4.20. The number of carboxylic acids is 1. The Morgan fingerprint density at radius 1 is 1.48 bits per heavy atom. The van der Waals surface area contributed by atoms with Crippen LogP contribution in [0.3, 0.4) is 0 Å². The summed E-state index contributed by atoms with van der Waals surface area (Å²) in [7, 11) is 0. The zero-order valence-corrected chi connectivity index (χ0v) is 14.1. The lowest BCUT2D eigenvalue weighted by molar-refractivity contribution is -0.149. The Bertz CT molecular complexity index is 846. The second-order valence-corrected chi connectivity index (χ2v) is 7.00. The minimum atomic E-state index is -0.776. The van der Waals surface area contributed by atoms with Gasteiger partial charge in [0.15, 0.2) is 11.5 Å². The number of aryl methyl sites for hydroxylation is 1. The highest BCUT2D eigenvalue weighted by Gasteiger charge is 2.55. The summed E-state index contributed by atoms with van der Waals surface area (Å²) in [6, 6.07) is 5.08. The van der Waals surface area contributed by atoms with Gasteiger partial charge in [-0.25, -0.2) is 9.78 Å². The summed E-state index contributed by atoms with van der Waals surface area (Å²) >= 11 is 0. The molecule has 2 fully saturated rings. The minimum Gasteiger partial charge on any atom is -0.481 e. The lowest BCUT2D eigenvalue weighted by Crippen LogP contribution is -2.38. The van der Waals surface area contributed by atoms with Gasteiger partial charge in [-0.2, -0.15) is 0 Å². The highest BCUT2D eigenvalue weighted by Crippen LogP contribution is 2.48. The van der Waals surface area contributed by atoms with Gasteiger partial charge in [0, 0.05) is 25.2 Å². The molecule has 1 aliphatic heterocycles. The van der Waals surface area contributed by atoms with E-state index in [2.05, 4.69) is 10.3 Å². The van der Waals surface area contributed by atoms with Crippen molar-refractivity contribution in [1.82, 2.24) is 9.88 Å². The number of amides is 2. The van der Waals surface area contributed by atoms with Gasteiger partial charge in [-0.3, -0.25) is 4.79 Å². The predicted molar refractivity (Wildman–Crippen MR) is 91.4 cm³/mol. The SMILES string of the molecule is CCc1nc2cc(NC(=O)N3C[C@@H]4CCC[C@@]4(C(=O)O)C3)ccc2o1. The lowest BCUT2D eigenvalue weighted by Gasteiger charge is -2.23. The number of aromatic nitrogens is 1. The topological polar surface area (TPSA) is 95.7 Å². The van der Waals surface area contributed by atoms with Crippen LogP contribution in [0.5, 0.6) is 0 Å². The van der Waals surface area contributed by atoms with E-state index in [4.69, 9.17) is 4.42 Å². The maximum Gasteiger partial charge on any atom is 0.321 e. The van der Waals surface area contributed by atoms with Crippen molar-refractivity contribution in [3.05, 3.63) is 24.1 Å². The van der Waals surface area contributed by atoms with E-state index in [9.17, 15) is 14.7 Å². The second kappa shape index (κ2) is 5.75. The van der Waals surface area contributed by atoms with Crippen LogP contribution < -0.4 is 5.32 Å². The molecule has 2 N–H and O–H groups in total. The number of carboxylic acid groups (broad SMARTS) is 1. The molecule has 0 spiro atoms. The first-order chi connectivity index (χ1) is 12.0. The maximum atomic E-state index is 12.6. The summed E-state index contributed by atoms with van der Waals surface area (Å²) < 4.78 is 5.57. The Hall–Kier alpha value is -2.57. The Labute approximate surface area is 145 Å². The van der Waals surface area contributed by atoms with Crippen molar-refractivity contribution in [3.8, 4) is 0 Å². The first kappa shape index (κ1) is 15.9. The molecule has 2 heterocycles. The van der Waals surface area contributed by atoms with E-state index in [1.54, 1.807) is 23.1 Å². The molecule has 132 valence electrons. The van der Waals surface area contributed by atoms with E-state index >= 15 is 0 Å². The Morgan fingerprint density at radius 3 is 3.04 bits per heavy atom. The normalized spacial score (nSPS) is 25.3. The standard InChI is InChI=1S/C18H21N3O4/c1-2-15-20-13-8-12(5-6-14(13)25-15)19-17(24)21-9-11-4-3-7-18(11,10-21)16(22)23/h5-6,8,11H,2-4,7,9-10H2,1H3,(H,19,24)(H,22,23)/t11-,18+/m0/s1. The number of benzene rings is 1. The molecule has 25 heavy (non-hydrogen) atoms. The number of hydrogen-bond acceptors (Lipinski definition) is 4. The smallest absolute Gasteiger partial charge is 0.321 e. The Morgan fingerprint density at radius 2 is 2.32 bits per heavy atom. The maximum absolute atomic E-state index is 12.6. The summed E-state index contributed by atoms with van der Waals surface area (Å²) in [5, 5.41) is 12.5. The highest BCUT2D eigenvalue weighted by atomic mass is 16.4. The summed E-state index contributed by atoms with van der Waals surface area (Å²) in [6.07, 6.45) is 3.17. The summed E-state index contributed by atoms with van der Waals surface area (Å²) in [5.74, 6) is -0.0588. The minimum absolute atomic E-state index is 0.0564. The number of nitrogens with zero attached hydrogens (tertiary/aromatic N) is 2. The van der Waals surface area contributed by atoms with Gasteiger partial charge in [-0.15, -0.1) is 0 Å². The van der Waals surface area contributed by atoms with Crippen LogP contribution in [-0.2, 0) is 11.2 Å². The van der Waals surface area contributed by atoms with Crippen molar-refractivity contribution in [2.75, 3.05) is 18.4 Å². The summed E-state index contributed by atoms with van der Waals surface area (Å²) in [4.78, 5) is 30.3. The number of carbonyl (C=O) groups is 2. The molecule has 2 aromatic rings. The van der Waals surface area contributed by atoms with E-state index in [0.717, 1.165) is 12.8 Å². The van der Waals surface area contributed by atoms with E-state index in [1.807, 2.05) is 6.92 Å². The Balaban J connectivity index is 1.50. The van der Waals surface area contributed by atoms with Gasteiger partial charge in [0.2, 0.25) is 0 Å². The van der Waals surface area contributed by atoms with Crippen LogP contribution >= 0.6 is 0 Å². The van der Waals surface area contributed by atoms with Crippen LogP contribution in [0.4, 0.5) is 10.5 Å². The van der Waals surface area contributed by atoms with Crippen molar-refractivity contribution < 1.29 is 19.1 Å². The number of rotatable bonds is 3. The molecule has 7 nitrogen and oxygen atoms in total. The molecule has 0 radical (unpaired) electrons. The average molecular weight is 343 g/mol. The fourth-order valence-electron chi connectivity index (χ4n) is 4.20. The number of carbonyl (C=O) groups excluding carboxylic acids is 1. The van der Waals surface area contributed by atoms with E-state index < -0.39 is 11.4 Å². The van der Waals surface area contributed by atoms with Crippen molar-refractivity contribution in [2.45, 2.75) is 32.6 Å². The molecular formula is C18H21N3O4. The number of urea groups is 1. The molecule has 0 unspecified atom stereocenters. The van der Waals surface area contributed by atoms with Crippen molar-refractivity contribution in [3.63, 3.8) is 0 Å².